The van der Waals surface area contributed by atoms with Gasteiger partial charge in [-0.15, -0.1) is 0 Å². The van der Waals surface area contributed by atoms with Crippen LogP contribution < -0.4 is 5.46 Å². The molecule has 30 heavy (non-hydrogen) atoms. The molecule has 1 aromatic heterocycles. The van der Waals surface area contributed by atoms with Gasteiger partial charge in [0.2, 0.25) is 0 Å². The highest BCUT2D eigenvalue weighted by atomic mass is 16.5. The molecule has 0 atom stereocenters. The Morgan fingerprint density at radius 3 is 2.03 bits per heavy atom. The van der Waals surface area contributed by atoms with Gasteiger partial charge in [0.15, 0.2) is 0 Å². The highest BCUT2D eigenvalue weighted by Crippen LogP contribution is 2.40. The maximum Gasteiger partial charge on any atom is 0.309 e. The molecule has 0 saturated carbocycles. The third-order valence-corrected chi connectivity index (χ3v) is 6.49. The average molecular weight is 396 g/mol. The topological polar surface area (TPSA) is 42.6 Å². The van der Waals surface area contributed by atoms with Crippen LogP contribution in [0.3, 0.4) is 0 Å². The fourth-order valence-corrected chi connectivity index (χ4v) is 3.98. The fraction of sp³-hybridized carbons (Fsp3) is 0.231. The Morgan fingerprint density at radius 1 is 0.767 bits per heavy atom. The van der Waals surface area contributed by atoms with Crippen molar-refractivity contribution in [3.8, 4) is 0 Å². The molecule has 5 aromatic rings. The first-order chi connectivity index (χ1) is 14.3. The monoisotopic (exact) mass is 396 g/mol. The number of aliphatic hydroxyl groups is 1. The van der Waals surface area contributed by atoms with E-state index >= 15 is 0 Å². The Balaban J connectivity index is 1.69. The summed E-state index contributed by atoms with van der Waals surface area (Å²) in [6.45, 7) is 7.35. The standard InChI is InChI=1S/C26H25BO3/c1-25(2,28)26(3,4)30-27-16-13-14-21-22(15-16)29-24-20-12-8-6-10-18(20)17-9-5-7-11-19(17)23(21)24/h5-15,27-28H,1-4H3. The number of benzene rings is 4. The molecule has 0 radical (unpaired) electrons. The lowest BCUT2D eigenvalue weighted by Gasteiger charge is -2.37. The summed E-state index contributed by atoms with van der Waals surface area (Å²) in [5.41, 5.74) is 1.20. The van der Waals surface area contributed by atoms with Gasteiger partial charge >= 0.3 is 7.48 Å². The maximum absolute atomic E-state index is 10.3. The second kappa shape index (κ2) is 6.59. The molecule has 150 valence electrons. The van der Waals surface area contributed by atoms with E-state index in [9.17, 15) is 5.11 Å². The molecule has 1 N–H and O–H groups in total. The molecule has 0 aliphatic carbocycles. The molecular formula is C26H25BO3. The van der Waals surface area contributed by atoms with Crippen molar-refractivity contribution in [2.75, 3.05) is 0 Å². The van der Waals surface area contributed by atoms with Crippen molar-refractivity contribution in [2.24, 2.45) is 0 Å². The van der Waals surface area contributed by atoms with Crippen LogP contribution in [0.25, 0.3) is 43.5 Å². The van der Waals surface area contributed by atoms with E-state index in [-0.39, 0.29) is 0 Å². The molecule has 0 saturated heterocycles. The summed E-state index contributed by atoms with van der Waals surface area (Å²) >= 11 is 0. The fourth-order valence-electron chi connectivity index (χ4n) is 3.98. The Morgan fingerprint density at radius 2 is 1.37 bits per heavy atom. The SMILES string of the molecule is CC(C)(O)C(C)(C)OBc1ccc2c(c1)oc1c3ccccc3c3ccccc3c21. The van der Waals surface area contributed by atoms with Crippen molar-refractivity contribution < 1.29 is 14.2 Å². The van der Waals surface area contributed by atoms with Crippen LogP contribution in [0.5, 0.6) is 0 Å². The number of hydrogen-bond donors (Lipinski definition) is 1. The number of furan rings is 1. The van der Waals surface area contributed by atoms with E-state index in [1.165, 1.54) is 16.2 Å². The molecule has 4 aromatic carbocycles. The van der Waals surface area contributed by atoms with Crippen molar-refractivity contribution in [1.29, 1.82) is 0 Å². The predicted octanol–water partition coefficient (Wildman–Crippen LogP) is 5.44. The van der Waals surface area contributed by atoms with Gasteiger partial charge in [0.05, 0.1) is 11.2 Å². The van der Waals surface area contributed by atoms with E-state index in [1.54, 1.807) is 13.8 Å². The van der Waals surface area contributed by atoms with Crippen LogP contribution in [0, 0.1) is 0 Å². The van der Waals surface area contributed by atoms with Gasteiger partial charge in [-0.1, -0.05) is 60.7 Å². The summed E-state index contributed by atoms with van der Waals surface area (Å²) in [5, 5.41) is 17.4. The van der Waals surface area contributed by atoms with Crippen LogP contribution in [0.1, 0.15) is 27.7 Å². The maximum atomic E-state index is 10.3. The van der Waals surface area contributed by atoms with E-state index in [4.69, 9.17) is 9.07 Å². The van der Waals surface area contributed by atoms with Gasteiger partial charge < -0.3 is 14.2 Å². The lowest BCUT2D eigenvalue weighted by Crippen LogP contribution is -2.49. The number of hydrogen-bond acceptors (Lipinski definition) is 3. The third-order valence-electron chi connectivity index (χ3n) is 6.49. The lowest BCUT2D eigenvalue weighted by molar-refractivity contribution is -0.0893. The molecule has 0 unspecified atom stereocenters. The van der Waals surface area contributed by atoms with E-state index < -0.39 is 11.2 Å². The molecule has 5 rings (SSSR count). The normalized spacial score (nSPS) is 13.0. The Hall–Kier alpha value is -2.82. The number of rotatable bonds is 4. The zero-order chi connectivity index (χ0) is 21.1. The van der Waals surface area contributed by atoms with Crippen LogP contribution >= 0.6 is 0 Å². The second-order valence-corrected chi connectivity index (χ2v) is 9.09. The zero-order valence-electron chi connectivity index (χ0n) is 17.8. The van der Waals surface area contributed by atoms with Gasteiger partial charge in [0, 0.05) is 16.2 Å². The molecule has 0 aliphatic heterocycles. The first-order valence-corrected chi connectivity index (χ1v) is 10.4. The summed E-state index contributed by atoms with van der Waals surface area (Å²) in [7, 11) is 0.408. The average Bonchev–Trinajstić information content (AvgIpc) is 3.11. The van der Waals surface area contributed by atoms with Gasteiger partial charge in [-0.2, -0.15) is 0 Å². The van der Waals surface area contributed by atoms with Crippen molar-refractivity contribution >= 4 is 56.4 Å². The van der Waals surface area contributed by atoms with Crippen molar-refractivity contribution in [3.63, 3.8) is 0 Å². The first-order valence-electron chi connectivity index (χ1n) is 10.4. The van der Waals surface area contributed by atoms with Crippen LogP contribution in [0.2, 0.25) is 0 Å². The van der Waals surface area contributed by atoms with Gasteiger partial charge in [-0.3, -0.25) is 0 Å². The lowest BCUT2D eigenvalue weighted by atomic mass is 9.82. The second-order valence-electron chi connectivity index (χ2n) is 9.09. The van der Waals surface area contributed by atoms with Gasteiger partial charge in [-0.25, -0.2) is 0 Å². The minimum Gasteiger partial charge on any atom is -0.455 e. The van der Waals surface area contributed by atoms with Crippen LogP contribution in [0.4, 0.5) is 0 Å². The Labute approximate surface area is 176 Å². The quantitative estimate of drug-likeness (QED) is 0.325. The molecule has 0 amide bonds. The highest BCUT2D eigenvalue weighted by molar-refractivity contribution is 6.47. The van der Waals surface area contributed by atoms with E-state index in [2.05, 4.69) is 66.7 Å². The molecule has 4 heteroatoms. The molecule has 3 nitrogen and oxygen atoms in total. The van der Waals surface area contributed by atoms with Gasteiger partial charge in [0.25, 0.3) is 0 Å². The molecular weight excluding hydrogens is 371 g/mol. The first kappa shape index (κ1) is 19.2. The molecule has 0 bridgehead atoms. The molecule has 0 spiro atoms. The third kappa shape index (κ3) is 2.91. The highest BCUT2D eigenvalue weighted by Gasteiger charge is 2.35. The summed E-state index contributed by atoms with van der Waals surface area (Å²) in [5.74, 6) is 0. The van der Waals surface area contributed by atoms with Crippen molar-refractivity contribution in [2.45, 2.75) is 38.9 Å². The minimum absolute atomic E-state index is 0.408. The van der Waals surface area contributed by atoms with Crippen LogP contribution in [0.15, 0.2) is 71.1 Å². The molecule has 1 heterocycles. The van der Waals surface area contributed by atoms with E-state index in [1.807, 2.05) is 13.8 Å². The zero-order valence-corrected chi connectivity index (χ0v) is 17.8. The van der Waals surface area contributed by atoms with Crippen LogP contribution in [-0.2, 0) is 4.65 Å². The van der Waals surface area contributed by atoms with Gasteiger partial charge in [-0.05, 0) is 55.4 Å². The molecule has 0 fully saturated rings. The summed E-state index contributed by atoms with van der Waals surface area (Å²) in [6.07, 6.45) is 0. The Bertz CT molecular complexity index is 1410. The number of fused-ring (bicyclic) bond motifs is 8. The van der Waals surface area contributed by atoms with E-state index in [0.29, 0.717) is 7.48 Å². The summed E-state index contributed by atoms with van der Waals surface area (Å²) < 4.78 is 12.5. The molecule has 0 aliphatic rings. The smallest absolute Gasteiger partial charge is 0.309 e. The van der Waals surface area contributed by atoms with E-state index in [0.717, 1.165) is 32.8 Å². The van der Waals surface area contributed by atoms with Crippen molar-refractivity contribution in [1.82, 2.24) is 0 Å². The predicted molar refractivity (Wildman–Crippen MR) is 127 cm³/mol. The largest absolute Gasteiger partial charge is 0.455 e. The van der Waals surface area contributed by atoms with Gasteiger partial charge in [0.1, 0.15) is 11.2 Å². The van der Waals surface area contributed by atoms with Crippen LogP contribution in [-0.4, -0.2) is 23.8 Å². The van der Waals surface area contributed by atoms with Crippen molar-refractivity contribution in [3.05, 3.63) is 66.7 Å². The summed E-state index contributed by atoms with van der Waals surface area (Å²) in [6, 6.07) is 23.2. The Kier molecular flexibility index (Phi) is 4.21. The minimum atomic E-state index is -0.936. The summed E-state index contributed by atoms with van der Waals surface area (Å²) in [4.78, 5) is 0.